The minimum atomic E-state index is 0.313. The summed E-state index contributed by atoms with van der Waals surface area (Å²) in [6, 6.07) is 10.0. The molecular weight excluding hydrogens is 272 g/mol. The first-order valence-electron chi connectivity index (χ1n) is 7.48. The van der Waals surface area contributed by atoms with E-state index in [1.165, 1.54) is 32.9 Å². The fourth-order valence-electron chi connectivity index (χ4n) is 3.61. The highest BCUT2D eigenvalue weighted by Crippen LogP contribution is 2.33. The Labute approximate surface area is 129 Å². The van der Waals surface area contributed by atoms with Gasteiger partial charge in [0.25, 0.3) is 0 Å². The Balaban J connectivity index is 2.34. The Hall–Kier alpha value is -2.55. The van der Waals surface area contributed by atoms with Crippen LogP contribution in [0.15, 0.2) is 36.5 Å². The number of rotatable bonds is 0. The summed E-state index contributed by atoms with van der Waals surface area (Å²) in [5.41, 5.74) is 4.92. The van der Waals surface area contributed by atoms with Crippen molar-refractivity contribution < 1.29 is 9.67 Å². The van der Waals surface area contributed by atoms with Crippen LogP contribution in [0.5, 0.6) is 5.75 Å². The van der Waals surface area contributed by atoms with Crippen LogP contribution in [0.1, 0.15) is 11.3 Å². The standard InChI is InChI=1S/C19H18N2O/c1-11-14-7-8-20(3)12(2)15(14)10-17-16-9-13(22)5-6-18(16)21(4)19(11)17/h5-10H,1-4H3/p+1. The van der Waals surface area contributed by atoms with E-state index in [4.69, 9.17) is 0 Å². The second kappa shape index (κ2) is 4.23. The predicted octanol–water partition coefficient (Wildman–Crippen LogP) is 3.63. The number of hydrogen-bond donors (Lipinski definition) is 1. The first kappa shape index (κ1) is 13.1. The summed E-state index contributed by atoms with van der Waals surface area (Å²) in [6.45, 7) is 4.33. The molecule has 0 saturated heterocycles. The molecule has 2 aromatic heterocycles. The van der Waals surface area contributed by atoms with Gasteiger partial charge in [-0.25, -0.2) is 0 Å². The van der Waals surface area contributed by atoms with Gasteiger partial charge >= 0.3 is 0 Å². The molecule has 0 spiro atoms. The van der Waals surface area contributed by atoms with Crippen molar-refractivity contribution in [3.63, 3.8) is 0 Å². The second-order valence-corrected chi connectivity index (χ2v) is 6.13. The minimum Gasteiger partial charge on any atom is -0.508 e. The van der Waals surface area contributed by atoms with Gasteiger partial charge < -0.3 is 9.67 Å². The van der Waals surface area contributed by atoms with Crippen molar-refractivity contribution in [3.8, 4) is 5.75 Å². The summed E-state index contributed by atoms with van der Waals surface area (Å²) in [5.74, 6) is 0.313. The number of fused-ring (bicyclic) bond motifs is 4. The highest BCUT2D eigenvalue weighted by atomic mass is 16.3. The first-order valence-corrected chi connectivity index (χ1v) is 7.48. The Morgan fingerprint density at radius 2 is 1.73 bits per heavy atom. The molecular formula is C19H19N2O+. The molecule has 0 unspecified atom stereocenters. The lowest BCUT2D eigenvalue weighted by Gasteiger charge is -2.10. The minimum absolute atomic E-state index is 0.313. The fourth-order valence-corrected chi connectivity index (χ4v) is 3.61. The SMILES string of the molecule is Cc1c2ccn(C)c(C)c2cc2c3cc(O)ccc3[n+](C)c12. The van der Waals surface area contributed by atoms with Gasteiger partial charge in [-0.15, -0.1) is 0 Å². The molecule has 0 fully saturated rings. The third-order valence-electron chi connectivity index (χ3n) is 4.94. The van der Waals surface area contributed by atoms with Crippen LogP contribution in [0, 0.1) is 13.8 Å². The highest BCUT2D eigenvalue weighted by molar-refractivity contribution is 6.11. The number of phenolic OH excluding ortho intramolecular Hbond substituents is 1. The third-order valence-corrected chi connectivity index (χ3v) is 4.94. The van der Waals surface area contributed by atoms with Crippen LogP contribution >= 0.6 is 0 Å². The van der Waals surface area contributed by atoms with Gasteiger partial charge in [-0.2, -0.15) is 4.57 Å². The van der Waals surface area contributed by atoms with Crippen molar-refractivity contribution in [2.45, 2.75) is 13.8 Å². The Morgan fingerprint density at radius 3 is 2.50 bits per heavy atom. The monoisotopic (exact) mass is 291 g/mol. The number of aromatic hydroxyl groups is 1. The van der Waals surface area contributed by atoms with Crippen molar-refractivity contribution in [3.05, 3.63) is 47.8 Å². The van der Waals surface area contributed by atoms with Gasteiger partial charge in [-0.1, -0.05) is 0 Å². The molecule has 0 aliphatic carbocycles. The van der Waals surface area contributed by atoms with E-state index in [1.54, 1.807) is 6.07 Å². The molecule has 1 N–H and O–H groups in total. The van der Waals surface area contributed by atoms with Crippen LogP contribution in [0.2, 0.25) is 0 Å². The number of hydrogen-bond acceptors (Lipinski definition) is 1. The van der Waals surface area contributed by atoms with Gasteiger partial charge in [-0.3, -0.25) is 0 Å². The van der Waals surface area contributed by atoms with Gasteiger partial charge in [-0.05, 0) is 43.5 Å². The molecule has 0 aliphatic rings. The average molecular weight is 291 g/mol. The topological polar surface area (TPSA) is 29.0 Å². The van der Waals surface area contributed by atoms with Crippen LogP contribution in [0.25, 0.3) is 32.6 Å². The lowest BCUT2D eigenvalue weighted by molar-refractivity contribution is -0.616. The lowest BCUT2D eigenvalue weighted by atomic mass is 10.0. The van der Waals surface area contributed by atoms with Crippen LogP contribution < -0.4 is 4.57 Å². The van der Waals surface area contributed by atoms with E-state index in [-0.39, 0.29) is 0 Å². The number of pyridine rings is 1. The first-order chi connectivity index (χ1) is 10.5. The summed E-state index contributed by atoms with van der Waals surface area (Å²) < 4.78 is 4.37. The van der Waals surface area contributed by atoms with Crippen molar-refractivity contribution >= 4 is 32.6 Å². The number of aromatic nitrogens is 2. The van der Waals surface area contributed by atoms with Crippen molar-refractivity contribution in [2.24, 2.45) is 14.1 Å². The normalized spacial score (nSPS) is 11.8. The van der Waals surface area contributed by atoms with Crippen molar-refractivity contribution in [1.29, 1.82) is 0 Å². The summed E-state index contributed by atoms with van der Waals surface area (Å²) in [5, 5.41) is 14.7. The molecule has 110 valence electrons. The highest BCUT2D eigenvalue weighted by Gasteiger charge is 2.21. The molecule has 0 bridgehead atoms. The van der Waals surface area contributed by atoms with Gasteiger partial charge in [0.1, 0.15) is 12.8 Å². The van der Waals surface area contributed by atoms with E-state index >= 15 is 0 Å². The second-order valence-electron chi connectivity index (χ2n) is 6.13. The van der Waals surface area contributed by atoms with Gasteiger partial charge in [0, 0.05) is 36.0 Å². The van der Waals surface area contributed by atoms with E-state index < -0.39 is 0 Å². The third kappa shape index (κ3) is 1.54. The van der Waals surface area contributed by atoms with Gasteiger partial charge in [0.15, 0.2) is 0 Å². The van der Waals surface area contributed by atoms with Crippen LogP contribution in [-0.2, 0) is 14.1 Å². The molecule has 0 saturated carbocycles. The number of aryl methyl sites for hydroxylation is 4. The van der Waals surface area contributed by atoms with Crippen LogP contribution in [0.3, 0.4) is 0 Å². The smallest absolute Gasteiger partial charge is 0.217 e. The zero-order chi connectivity index (χ0) is 15.6. The van der Waals surface area contributed by atoms with E-state index in [9.17, 15) is 5.11 Å². The predicted molar refractivity (Wildman–Crippen MR) is 90.2 cm³/mol. The Morgan fingerprint density at radius 1 is 0.955 bits per heavy atom. The maximum atomic E-state index is 9.87. The van der Waals surface area contributed by atoms with Crippen molar-refractivity contribution in [1.82, 2.24) is 4.57 Å². The zero-order valence-electron chi connectivity index (χ0n) is 13.3. The summed E-state index contributed by atoms with van der Waals surface area (Å²) in [6.07, 6.45) is 2.12. The molecule has 4 aromatic rings. The van der Waals surface area contributed by atoms with E-state index in [1.807, 2.05) is 12.1 Å². The Bertz CT molecular complexity index is 1070. The number of benzene rings is 2. The molecule has 0 aliphatic heterocycles. The zero-order valence-corrected chi connectivity index (χ0v) is 13.3. The molecule has 22 heavy (non-hydrogen) atoms. The molecule has 4 rings (SSSR count). The van der Waals surface area contributed by atoms with E-state index in [0.29, 0.717) is 5.75 Å². The quantitative estimate of drug-likeness (QED) is 0.492. The van der Waals surface area contributed by atoms with Crippen molar-refractivity contribution in [2.75, 3.05) is 0 Å². The van der Waals surface area contributed by atoms with Gasteiger partial charge in [0.05, 0.1) is 10.8 Å². The Kier molecular flexibility index (Phi) is 2.52. The van der Waals surface area contributed by atoms with E-state index in [2.05, 4.69) is 55.4 Å². The summed E-state index contributed by atoms with van der Waals surface area (Å²) in [4.78, 5) is 0. The summed E-state index contributed by atoms with van der Waals surface area (Å²) in [7, 11) is 4.17. The molecule has 2 heterocycles. The summed E-state index contributed by atoms with van der Waals surface area (Å²) >= 11 is 0. The molecule has 0 radical (unpaired) electrons. The maximum absolute atomic E-state index is 9.87. The molecule has 0 amide bonds. The number of phenols is 1. The largest absolute Gasteiger partial charge is 0.508 e. The number of nitrogens with zero attached hydrogens (tertiary/aromatic N) is 2. The van der Waals surface area contributed by atoms with Crippen LogP contribution in [-0.4, -0.2) is 9.67 Å². The lowest BCUT2D eigenvalue weighted by Crippen LogP contribution is -2.27. The van der Waals surface area contributed by atoms with E-state index in [0.717, 1.165) is 10.9 Å². The molecule has 3 nitrogen and oxygen atoms in total. The molecule has 0 atom stereocenters. The molecule has 3 heteroatoms. The maximum Gasteiger partial charge on any atom is 0.217 e. The van der Waals surface area contributed by atoms with Crippen LogP contribution in [0.4, 0.5) is 0 Å². The average Bonchev–Trinajstić information content (AvgIpc) is 2.76. The van der Waals surface area contributed by atoms with Gasteiger partial charge in [0.2, 0.25) is 11.0 Å². The molecule has 2 aromatic carbocycles. The fraction of sp³-hybridized carbons (Fsp3) is 0.211.